The number of anilines is 1. The van der Waals surface area contributed by atoms with Crippen LogP contribution in [0, 0.1) is 5.41 Å². The predicted octanol–water partition coefficient (Wildman–Crippen LogP) is 1.90. The fraction of sp³-hybridized carbons (Fsp3) is 0.143. The summed E-state index contributed by atoms with van der Waals surface area (Å²) < 4.78 is 9.06. The van der Waals surface area contributed by atoms with E-state index in [9.17, 15) is 14.4 Å². The van der Waals surface area contributed by atoms with Crippen LogP contribution in [0.15, 0.2) is 36.6 Å². The lowest BCUT2D eigenvalue weighted by Crippen LogP contribution is -2.30. The summed E-state index contributed by atoms with van der Waals surface area (Å²) in [6.45, 7) is 4.14. The maximum absolute atomic E-state index is 11.3. The number of allylic oxidation sites excluding steroid dienone is 1. The molecule has 0 saturated heterocycles. The first kappa shape index (κ1) is 17.7. The minimum absolute atomic E-state index is 0.190. The second kappa shape index (κ2) is 8.17. The first-order chi connectivity index (χ1) is 10.8. The van der Waals surface area contributed by atoms with Crippen molar-refractivity contribution in [3.05, 3.63) is 42.2 Å². The van der Waals surface area contributed by atoms with E-state index in [1.807, 2.05) is 0 Å². The van der Waals surface area contributed by atoms with Crippen molar-refractivity contribution >= 4 is 29.7 Å². The van der Waals surface area contributed by atoms with Gasteiger partial charge in [-0.2, -0.15) is 0 Å². The highest BCUT2D eigenvalue weighted by atomic mass is 16.6. The molecule has 0 heterocycles. The second-order valence-electron chi connectivity index (χ2n) is 4.26. The van der Waals surface area contributed by atoms with E-state index in [1.165, 1.54) is 31.2 Å². The Labute approximate surface area is 131 Å². The lowest BCUT2D eigenvalue weighted by molar-refractivity contribution is -0.140. The number of amidine groups is 1. The standard InChI is InChI=1S/C14H15N3O6/c1-8(2)23-14(21)17-12(15)9-3-5-10(6-4-9)16-13(20)22-7-11(18)19/h3-6H,1,7H2,2H3,(H,16,20)(H,18,19)(H2,15,17,21). The molecule has 0 unspecified atom stereocenters. The number of nitrogens with one attached hydrogen (secondary N) is 3. The van der Waals surface area contributed by atoms with E-state index in [-0.39, 0.29) is 11.6 Å². The van der Waals surface area contributed by atoms with Crippen LogP contribution in [0.5, 0.6) is 0 Å². The number of alkyl carbamates (subject to hydrolysis) is 1. The fourth-order valence-electron chi connectivity index (χ4n) is 1.36. The van der Waals surface area contributed by atoms with Crippen LogP contribution in [0.1, 0.15) is 12.5 Å². The zero-order valence-electron chi connectivity index (χ0n) is 12.2. The molecule has 9 nitrogen and oxygen atoms in total. The molecule has 0 bridgehead atoms. The van der Waals surface area contributed by atoms with Crippen LogP contribution in [0.25, 0.3) is 0 Å². The largest absolute Gasteiger partial charge is 0.479 e. The van der Waals surface area contributed by atoms with Gasteiger partial charge in [-0.1, -0.05) is 6.58 Å². The Morgan fingerprint density at radius 1 is 1.22 bits per heavy atom. The van der Waals surface area contributed by atoms with Crippen LogP contribution in [0.2, 0.25) is 0 Å². The molecule has 0 spiro atoms. The van der Waals surface area contributed by atoms with Gasteiger partial charge in [0.15, 0.2) is 6.61 Å². The number of benzene rings is 1. The normalized spacial score (nSPS) is 9.43. The quantitative estimate of drug-likeness (QED) is 0.371. The van der Waals surface area contributed by atoms with Gasteiger partial charge in [0, 0.05) is 11.3 Å². The number of hydrogen-bond donors (Lipinski definition) is 4. The van der Waals surface area contributed by atoms with E-state index in [4.69, 9.17) is 10.5 Å². The Morgan fingerprint density at radius 3 is 2.35 bits per heavy atom. The van der Waals surface area contributed by atoms with Crippen molar-refractivity contribution in [2.75, 3.05) is 11.9 Å². The summed E-state index contributed by atoms with van der Waals surface area (Å²) in [6.07, 6.45) is -1.75. The van der Waals surface area contributed by atoms with Gasteiger partial charge in [0.1, 0.15) is 5.84 Å². The first-order valence-corrected chi connectivity index (χ1v) is 6.27. The third kappa shape index (κ3) is 6.76. The van der Waals surface area contributed by atoms with Crippen LogP contribution in [0.3, 0.4) is 0 Å². The number of carboxylic acids is 1. The number of amides is 2. The number of aliphatic carboxylic acids is 1. The van der Waals surface area contributed by atoms with Crippen molar-refractivity contribution < 1.29 is 29.0 Å². The van der Waals surface area contributed by atoms with Crippen molar-refractivity contribution in [1.82, 2.24) is 5.32 Å². The van der Waals surface area contributed by atoms with Gasteiger partial charge in [-0.25, -0.2) is 14.4 Å². The topological polar surface area (TPSA) is 138 Å². The molecule has 0 atom stereocenters. The van der Waals surface area contributed by atoms with Crippen LogP contribution in [-0.4, -0.2) is 35.7 Å². The highest BCUT2D eigenvalue weighted by Crippen LogP contribution is 2.10. The molecule has 0 saturated carbocycles. The SMILES string of the molecule is C=C(C)OC(=O)NC(=N)c1ccc(NC(=O)OCC(=O)O)cc1. The van der Waals surface area contributed by atoms with Crippen molar-refractivity contribution in [2.45, 2.75) is 6.92 Å². The molecule has 1 aromatic carbocycles. The Balaban J connectivity index is 2.57. The monoisotopic (exact) mass is 321 g/mol. The highest BCUT2D eigenvalue weighted by molar-refractivity contribution is 6.04. The molecule has 1 rings (SSSR count). The summed E-state index contributed by atoms with van der Waals surface area (Å²) in [4.78, 5) is 32.8. The van der Waals surface area contributed by atoms with Crippen LogP contribution in [0.4, 0.5) is 15.3 Å². The third-order valence-corrected chi connectivity index (χ3v) is 2.24. The molecule has 4 N–H and O–H groups in total. The minimum Gasteiger partial charge on any atom is -0.479 e. The molecule has 0 radical (unpaired) electrons. The van der Waals surface area contributed by atoms with Gasteiger partial charge in [-0.3, -0.25) is 16.0 Å². The van der Waals surface area contributed by atoms with Gasteiger partial charge in [0.2, 0.25) is 0 Å². The summed E-state index contributed by atoms with van der Waals surface area (Å²) in [6, 6.07) is 5.85. The molecule has 0 aliphatic rings. The smallest absolute Gasteiger partial charge is 0.417 e. The van der Waals surface area contributed by atoms with E-state index in [0.717, 1.165) is 0 Å². The summed E-state index contributed by atoms with van der Waals surface area (Å²) in [5, 5.41) is 20.6. The van der Waals surface area contributed by atoms with Crippen molar-refractivity contribution in [3.63, 3.8) is 0 Å². The van der Waals surface area contributed by atoms with Gasteiger partial charge < -0.3 is 14.6 Å². The highest BCUT2D eigenvalue weighted by Gasteiger charge is 2.09. The first-order valence-electron chi connectivity index (χ1n) is 6.27. The lowest BCUT2D eigenvalue weighted by Gasteiger charge is -2.09. The van der Waals surface area contributed by atoms with Gasteiger partial charge in [-0.15, -0.1) is 0 Å². The number of ether oxygens (including phenoxy) is 2. The Kier molecular flexibility index (Phi) is 6.29. The average molecular weight is 321 g/mol. The molecule has 23 heavy (non-hydrogen) atoms. The van der Waals surface area contributed by atoms with E-state index >= 15 is 0 Å². The molecule has 0 aliphatic carbocycles. The lowest BCUT2D eigenvalue weighted by atomic mass is 10.2. The average Bonchev–Trinajstić information content (AvgIpc) is 2.44. The van der Waals surface area contributed by atoms with Gasteiger partial charge in [0.05, 0.1) is 5.76 Å². The molecule has 0 aromatic heterocycles. The number of carboxylic acid groups (broad SMARTS) is 1. The summed E-state index contributed by atoms with van der Waals surface area (Å²) in [5.74, 6) is -1.28. The minimum atomic E-state index is -1.27. The Morgan fingerprint density at radius 2 is 1.83 bits per heavy atom. The molecule has 122 valence electrons. The zero-order valence-corrected chi connectivity index (χ0v) is 12.2. The van der Waals surface area contributed by atoms with Gasteiger partial charge >= 0.3 is 18.2 Å². The number of hydrogen-bond acceptors (Lipinski definition) is 6. The van der Waals surface area contributed by atoms with Crippen LogP contribution < -0.4 is 10.6 Å². The molecule has 1 aromatic rings. The van der Waals surface area contributed by atoms with E-state index in [2.05, 4.69) is 26.7 Å². The Bertz CT molecular complexity index is 638. The van der Waals surface area contributed by atoms with Crippen LogP contribution in [-0.2, 0) is 14.3 Å². The van der Waals surface area contributed by atoms with E-state index in [1.54, 1.807) is 0 Å². The number of rotatable bonds is 5. The summed E-state index contributed by atoms with van der Waals surface area (Å²) in [7, 11) is 0. The van der Waals surface area contributed by atoms with E-state index < -0.39 is 24.8 Å². The molecular formula is C14H15N3O6. The van der Waals surface area contributed by atoms with Crippen molar-refractivity contribution in [3.8, 4) is 0 Å². The summed E-state index contributed by atoms with van der Waals surface area (Å²) in [5.41, 5.74) is 0.703. The molecule has 0 aliphatic heterocycles. The predicted molar refractivity (Wildman–Crippen MR) is 80.3 cm³/mol. The second-order valence-corrected chi connectivity index (χ2v) is 4.26. The third-order valence-electron chi connectivity index (χ3n) is 2.24. The number of carbonyl (C=O) groups excluding carboxylic acids is 2. The maximum atomic E-state index is 11.3. The van der Waals surface area contributed by atoms with Gasteiger partial charge in [-0.05, 0) is 31.2 Å². The Hall–Kier alpha value is -3.36. The zero-order chi connectivity index (χ0) is 17.4. The number of carbonyl (C=O) groups is 3. The van der Waals surface area contributed by atoms with Gasteiger partial charge in [0.25, 0.3) is 0 Å². The molecule has 9 heteroatoms. The van der Waals surface area contributed by atoms with Crippen molar-refractivity contribution in [2.24, 2.45) is 0 Å². The molecular weight excluding hydrogens is 306 g/mol. The fourth-order valence-corrected chi connectivity index (χ4v) is 1.36. The molecule has 0 fully saturated rings. The van der Waals surface area contributed by atoms with E-state index in [0.29, 0.717) is 11.3 Å². The summed E-state index contributed by atoms with van der Waals surface area (Å²) >= 11 is 0. The maximum Gasteiger partial charge on any atom is 0.417 e. The van der Waals surface area contributed by atoms with Crippen LogP contribution >= 0.6 is 0 Å². The van der Waals surface area contributed by atoms with Crippen molar-refractivity contribution in [1.29, 1.82) is 5.41 Å². The molecule has 2 amide bonds.